The molecule has 1 N–H and O–H groups in total. The van der Waals surface area contributed by atoms with E-state index in [2.05, 4.69) is 10.2 Å². The second-order valence-corrected chi connectivity index (χ2v) is 7.69. The van der Waals surface area contributed by atoms with Crippen LogP contribution in [-0.2, 0) is 14.8 Å². The summed E-state index contributed by atoms with van der Waals surface area (Å²) in [4.78, 5) is 11.7. The summed E-state index contributed by atoms with van der Waals surface area (Å²) >= 11 is 1.14. The molecular formula is C12H13N3O4S2. The SMILES string of the molecule is O=c1ccc(-c2ccc(S(=O)(=O)N3CCOCC3)s2)n[nH]1. The van der Waals surface area contributed by atoms with Crippen LogP contribution < -0.4 is 5.56 Å². The zero-order chi connectivity index (χ0) is 14.9. The van der Waals surface area contributed by atoms with Gasteiger partial charge in [-0.2, -0.15) is 9.40 Å². The highest BCUT2D eigenvalue weighted by molar-refractivity contribution is 7.91. The van der Waals surface area contributed by atoms with E-state index in [1.807, 2.05) is 0 Å². The Kier molecular flexibility index (Phi) is 3.89. The van der Waals surface area contributed by atoms with Gasteiger partial charge in [-0.3, -0.25) is 4.79 Å². The van der Waals surface area contributed by atoms with Crippen molar-refractivity contribution in [3.63, 3.8) is 0 Å². The van der Waals surface area contributed by atoms with Crippen molar-refractivity contribution in [2.75, 3.05) is 26.3 Å². The molecule has 21 heavy (non-hydrogen) atoms. The molecule has 2 aromatic heterocycles. The highest BCUT2D eigenvalue weighted by atomic mass is 32.2. The summed E-state index contributed by atoms with van der Waals surface area (Å²) in [6, 6.07) is 6.18. The minimum Gasteiger partial charge on any atom is -0.379 e. The molecule has 112 valence electrons. The van der Waals surface area contributed by atoms with Crippen molar-refractivity contribution in [3.8, 4) is 10.6 Å². The number of nitrogens with zero attached hydrogens (tertiary/aromatic N) is 2. The van der Waals surface area contributed by atoms with Crippen molar-refractivity contribution in [2.24, 2.45) is 0 Å². The van der Waals surface area contributed by atoms with E-state index in [0.717, 1.165) is 11.3 Å². The molecule has 0 atom stereocenters. The average Bonchev–Trinajstić information content (AvgIpc) is 2.99. The Morgan fingerprint density at radius 3 is 2.62 bits per heavy atom. The first-order valence-electron chi connectivity index (χ1n) is 6.31. The molecule has 0 amide bonds. The van der Waals surface area contributed by atoms with Gasteiger partial charge in [0.25, 0.3) is 15.6 Å². The van der Waals surface area contributed by atoms with Crippen LogP contribution in [0.1, 0.15) is 0 Å². The normalized spacial score (nSPS) is 17.0. The smallest absolute Gasteiger partial charge is 0.264 e. The van der Waals surface area contributed by atoms with Crippen LogP contribution in [0.15, 0.2) is 33.3 Å². The van der Waals surface area contributed by atoms with E-state index in [9.17, 15) is 13.2 Å². The van der Waals surface area contributed by atoms with Crippen molar-refractivity contribution in [3.05, 3.63) is 34.6 Å². The molecule has 0 aliphatic carbocycles. The van der Waals surface area contributed by atoms with Crippen molar-refractivity contribution in [1.82, 2.24) is 14.5 Å². The lowest BCUT2D eigenvalue weighted by Gasteiger charge is -2.25. The van der Waals surface area contributed by atoms with Crippen LogP contribution in [0.2, 0.25) is 0 Å². The van der Waals surface area contributed by atoms with Crippen LogP contribution in [0, 0.1) is 0 Å². The maximum absolute atomic E-state index is 12.5. The zero-order valence-electron chi connectivity index (χ0n) is 11.0. The first-order valence-corrected chi connectivity index (χ1v) is 8.57. The van der Waals surface area contributed by atoms with E-state index < -0.39 is 10.0 Å². The van der Waals surface area contributed by atoms with Crippen molar-refractivity contribution in [1.29, 1.82) is 0 Å². The minimum atomic E-state index is -3.49. The summed E-state index contributed by atoms with van der Waals surface area (Å²) in [7, 11) is -3.49. The number of thiophene rings is 1. The van der Waals surface area contributed by atoms with E-state index in [4.69, 9.17) is 4.74 Å². The fourth-order valence-electron chi connectivity index (χ4n) is 1.99. The van der Waals surface area contributed by atoms with E-state index in [1.165, 1.54) is 10.4 Å². The monoisotopic (exact) mass is 327 g/mol. The Labute approximate surface area is 125 Å². The quantitative estimate of drug-likeness (QED) is 0.887. The van der Waals surface area contributed by atoms with Crippen molar-refractivity contribution in [2.45, 2.75) is 4.21 Å². The van der Waals surface area contributed by atoms with Gasteiger partial charge in [0.2, 0.25) is 0 Å². The predicted molar refractivity (Wildman–Crippen MR) is 77.7 cm³/mol. The maximum atomic E-state index is 12.5. The Balaban J connectivity index is 1.90. The number of sulfonamides is 1. The van der Waals surface area contributed by atoms with E-state index >= 15 is 0 Å². The number of rotatable bonds is 3. The van der Waals surface area contributed by atoms with E-state index in [1.54, 1.807) is 18.2 Å². The second kappa shape index (κ2) is 5.68. The van der Waals surface area contributed by atoms with Crippen LogP contribution in [0.5, 0.6) is 0 Å². The standard InChI is InChI=1S/C12H13N3O4S2/c16-11-3-1-9(13-14-11)10-2-4-12(20-10)21(17,18)15-5-7-19-8-6-15/h1-4H,5-8H2,(H,14,16). The third kappa shape index (κ3) is 2.91. The van der Waals surface area contributed by atoms with Gasteiger partial charge in [0.1, 0.15) is 9.90 Å². The van der Waals surface area contributed by atoms with Gasteiger partial charge >= 0.3 is 0 Å². The summed E-state index contributed by atoms with van der Waals surface area (Å²) in [5.41, 5.74) is 0.250. The van der Waals surface area contributed by atoms with Crippen LogP contribution in [-0.4, -0.2) is 49.2 Å². The number of aromatic nitrogens is 2. The van der Waals surface area contributed by atoms with Gasteiger partial charge in [0.15, 0.2) is 0 Å². The topological polar surface area (TPSA) is 92.4 Å². The predicted octanol–water partition coefficient (Wildman–Crippen LogP) is 0.519. The molecule has 0 saturated carbocycles. The van der Waals surface area contributed by atoms with E-state index in [-0.39, 0.29) is 9.77 Å². The lowest BCUT2D eigenvalue weighted by atomic mass is 10.3. The highest BCUT2D eigenvalue weighted by Gasteiger charge is 2.27. The molecule has 3 heterocycles. The molecule has 0 unspecified atom stereocenters. The number of aromatic amines is 1. The Hall–Kier alpha value is -1.55. The van der Waals surface area contributed by atoms with Crippen LogP contribution >= 0.6 is 11.3 Å². The fraction of sp³-hybridized carbons (Fsp3) is 0.333. The third-order valence-corrected chi connectivity index (χ3v) is 6.55. The first-order chi connectivity index (χ1) is 10.1. The third-order valence-electron chi connectivity index (χ3n) is 3.08. The molecule has 0 bridgehead atoms. The van der Waals surface area contributed by atoms with Gasteiger partial charge in [0.05, 0.1) is 18.1 Å². The van der Waals surface area contributed by atoms with Crippen LogP contribution in [0.3, 0.4) is 0 Å². The van der Waals surface area contributed by atoms with Gasteiger partial charge in [-0.15, -0.1) is 11.3 Å². The molecule has 7 nitrogen and oxygen atoms in total. The first kappa shape index (κ1) is 14.4. The van der Waals surface area contributed by atoms with Crippen molar-refractivity contribution < 1.29 is 13.2 Å². The summed E-state index contributed by atoms with van der Waals surface area (Å²) in [5.74, 6) is 0. The number of ether oxygens (including phenoxy) is 1. The largest absolute Gasteiger partial charge is 0.379 e. The lowest BCUT2D eigenvalue weighted by Crippen LogP contribution is -2.40. The fourth-order valence-corrected chi connectivity index (χ4v) is 4.83. The maximum Gasteiger partial charge on any atom is 0.264 e. The number of H-pyrrole nitrogens is 1. The lowest BCUT2D eigenvalue weighted by molar-refractivity contribution is 0.0731. The molecular weight excluding hydrogens is 314 g/mol. The molecule has 0 radical (unpaired) electrons. The molecule has 1 aliphatic rings. The molecule has 1 aliphatic heterocycles. The average molecular weight is 327 g/mol. The summed E-state index contributed by atoms with van der Waals surface area (Å²) in [5, 5.41) is 6.24. The van der Waals surface area contributed by atoms with Gasteiger partial charge in [-0.1, -0.05) is 0 Å². The summed E-state index contributed by atoms with van der Waals surface area (Å²) < 4.78 is 31.8. The number of morpholine rings is 1. The second-order valence-electron chi connectivity index (χ2n) is 4.44. The Bertz CT molecular complexity index is 770. The molecule has 0 spiro atoms. The molecule has 0 aromatic carbocycles. The van der Waals surface area contributed by atoms with E-state index in [0.29, 0.717) is 36.9 Å². The van der Waals surface area contributed by atoms with Gasteiger partial charge in [-0.25, -0.2) is 13.5 Å². The summed E-state index contributed by atoms with van der Waals surface area (Å²) in [6.45, 7) is 1.57. The number of hydrogen-bond donors (Lipinski definition) is 1. The Morgan fingerprint density at radius 1 is 1.19 bits per heavy atom. The molecule has 9 heteroatoms. The number of nitrogens with one attached hydrogen (secondary N) is 1. The van der Waals surface area contributed by atoms with Crippen LogP contribution in [0.4, 0.5) is 0 Å². The van der Waals surface area contributed by atoms with Gasteiger partial charge in [-0.05, 0) is 18.2 Å². The molecule has 2 aromatic rings. The van der Waals surface area contributed by atoms with Crippen molar-refractivity contribution >= 4 is 21.4 Å². The molecule has 1 fully saturated rings. The summed E-state index contributed by atoms with van der Waals surface area (Å²) in [6.07, 6.45) is 0. The number of hydrogen-bond acceptors (Lipinski definition) is 6. The van der Waals surface area contributed by atoms with Gasteiger partial charge in [0, 0.05) is 19.2 Å². The Morgan fingerprint density at radius 2 is 1.95 bits per heavy atom. The zero-order valence-corrected chi connectivity index (χ0v) is 12.6. The molecule has 3 rings (SSSR count). The molecule has 1 saturated heterocycles. The van der Waals surface area contributed by atoms with Crippen LogP contribution in [0.25, 0.3) is 10.6 Å². The highest BCUT2D eigenvalue weighted by Crippen LogP contribution is 2.30. The van der Waals surface area contributed by atoms with Gasteiger partial charge < -0.3 is 4.74 Å². The minimum absolute atomic E-state index is 0.271.